The van der Waals surface area contributed by atoms with Crippen LogP contribution in [0.4, 0.5) is 0 Å². The van der Waals surface area contributed by atoms with Gasteiger partial charge in [-0.05, 0) is 30.2 Å². The Balaban J connectivity index is 2.52. The first-order valence-corrected chi connectivity index (χ1v) is 4.31. The van der Waals surface area contributed by atoms with Gasteiger partial charge in [-0.15, -0.1) is 0 Å². The molecular weight excluding hydrogens is 164 g/mol. The Morgan fingerprint density at radius 1 is 1.62 bits per heavy atom. The Kier molecular flexibility index (Phi) is 1.98. The van der Waals surface area contributed by atoms with Gasteiger partial charge in [0.25, 0.3) is 0 Å². The van der Waals surface area contributed by atoms with Crippen LogP contribution < -0.4 is 11.1 Å². The van der Waals surface area contributed by atoms with Crippen molar-refractivity contribution in [2.45, 2.75) is 13.0 Å². The Bertz CT molecular complexity index is 345. The number of nitrogens with zero attached hydrogens (tertiary/aromatic N) is 1. The smallest absolute Gasteiger partial charge is 0.142 e. The molecule has 1 aliphatic heterocycles. The van der Waals surface area contributed by atoms with Crippen LogP contribution in [0.2, 0.25) is 0 Å². The fraction of sp³-hybridized carbons (Fsp3) is 0.333. The van der Waals surface area contributed by atoms with E-state index in [4.69, 9.17) is 11.1 Å². The number of hydrogen-bond donors (Lipinski definition) is 3. The molecule has 1 aromatic heterocycles. The molecule has 0 aromatic carbocycles. The van der Waals surface area contributed by atoms with E-state index in [1.54, 1.807) is 6.20 Å². The van der Waals surface area contributed by atoms with Crippen molar-refractivity contribution in [2.75, 3.05) is 6.54 Å². The molecule has 0 atom stereocenters. The van der Waals surface area contributed by atoms with E-state index in [0.717, 1.165) is 25.1 Å². The van der Waals surface area contributed by atoms with Crippen molar-refractivity contribution < 1.29 is 0 Å². The summed E-state index contributed by atoms with van der Waals surface area (Å²) in [4.78, 5) is 4.11. The van der Waals surface area contributed by atoms with Gasteiger partial charge < -0.3 is 11.1 Å². The third-order valence-electron chi connectivity index (χ3n) is 2.28. The Labute approximate surface area is 76.7 Å². The average Bonchev–Trinajstić information content (AvgIpc) is 2.17. The van der Waals surface area contributed by atoms with Crippen molar-refractivity contribution in [1.82, 2.24) is 10.3 Å². The van der Waals surface area contributed by atoms with E-state index in [2.05, 4.69) is 10.3 Å². The largest absolute Gasteiger partial charge is 0.382 e. The molecule has 1 aliphatic rings. The number of nitrogens with one attached hydrogen (secondary N) is 2. The van der Waals surface area contributed by atoms with E-state index in [1.165, 1.54) is 5.56 Å². The first-order valence-electron chi connectivity index (χ1n) is 4.31. The summed E-state index contributed by atoms with van der Waals surface area (Å²) in [7, 11) is 0. The van der Waals surface area contributed by atoms with Crippen LogP contribution >= 0.6 is 0 Å². The topological polar surface area (TPSA) is 74.8 Å². The van der Waals surface area contributed by atoms with Gasteiger partial charge >= 0.3 is 0 Å². The first-order chi connectivity index (χ1) is 6.29. The van der Waals surface area contributed by atoms with Gasteiger partial charge in [-0.2, -0.15) is 0 Å². The zero-order chi connectivity index (χ0) is 9.26. The summed E-state index contributed by atoms with van der Waals surface area (Å²) in [5, 5.41) is 10.6. The quantitative estimate of drug-likeness (QED) is 0.417. The SMILES string of the molecule is N=C(N)c1nccc2c1CCNC2. The monoisotopic (exact) mass is 176 g/mol. The number of nitrogens with two attached hydrogens (primary N) is 1. The molecule has 0 saturated heterocycles. The summed E-state index contributed by atoms with van der Waals surface area (Å²) in [6, 6.07) is 1.98. The van der Waals surface area contributed by atoms with Crippen LogP contribution in [-0.4, -0.2) is 17.4 Å². The molecule has 0 saturated carbocycles. The molecule has 0 radical (unpaired) electrons. The molecule has 0 spiro atoms. The van der Waals surface area contributed by atoms with Gasteiger partial charge in [0.2, 0.25) is 0 Å². The lowest BCUT2D eigenvalue weighted by Gasteiger charge is -2.18. The zero-order valence-electron chi connectivity index (χ0n) is 7.30. The molecule has 2 heterocycles. The number of fused-ring (bicyclic) bond motifs is 1. The van der Waals surface area contributed by atoms with Crippen molar-refractivity contribution in [2.24, 2.45) is 5.73 Å². The summed E-state index contributed by atoms with van der Waals surface area (Å²) in [6.45, 7) is 1.80. The molecule has 0 unspecified atom stereocenters. The van der Waals surface area contributed by atoms with E-state index in [-0.39, 0.29) is 5.84 Å². The minimum atomic E-state index is 0.0683. The van der Waals surface area contributed by atoms with Gasteiger partial charge in [0.15, 0.2) is 0 Å². The van der Waals surface area contributed by atoms with Gasteiger partial charge in [-0.25, -0.2) is 0 Å². The number of aromatic nitrogens is 1. The molecule has 0 aliphatic carbocycles. The summed E-state index contributed by atoms with van der Waals surface area (Å²) < 4.78 is 0. The van der Waals surface area contributed by atoms with Crippen LogP contribution in [0.15, 0.2) is 12.3 Å². The minimum Gasteiger partial charge on any atom is -0.382 e. The molecule has 4 heteroatoms. The molecule has 2 rings (SSSR count). The van der Waals surface area contributed by atoms with Crippen LogP contribution in [0.5, 0.6) is 0 Å². The lowest BCUT2D eigenvalue weighted by molar-refractivity contribution is 0.640. The predicted octanol–water partition coefficient (Wildman–Crippen LogP) is 0.0114. The van der Waals surface area contributed by atoms with E-state index in [9.17, 15) is 0 Å². The standard InChI is InChI=1S/C9H12N4/c10-9(11)8-7-2-3-12-5-6(7)1-4-13-8/h1,4,12H,2-3,5H2,(H3,10,11). The molecule has 4 nitrogen and oxygen atoms in total. The highest BCUT2D eigenvalue weighted by molar-refractivity contribution is 5.94. The highest BCUT2D eigenvalue weighted by Gasteiger charge is 2.14. The molecule has 0 fully saturated rings. The maximum atomic E-state index is 7.37. The number of hydrogen-bond acceptors (Lipinski definition) is 3. The Morgan fingerprint density at radius 2 is 2.46 bits per heavy atom. The van der Waals surface area contributed by atoms with Crippen LogP contribution in [0, 0.1) is 5.41 Å². The lowest BCUT2D eigenvalue weighted by Crippen LogP contribution is -2.27. The molecule has 0 bridgehead atoms. The molecule has 0 amide bonds. The predicted molar refractivity (Wildman–Crippen MR) is 50.7 cm³/mol. The maximum absolute atomic E-state index is 7.37. The second kappa shape index (κ2) is 3.14. The third kappa shape index (κ3) is 1.40. The number of amidine groups is 1. The van der Waals surface area contributed by atoms with E-state index in [0.29, 0.717) is 5.69 Å². The van der Waals surface area contributed by atoms with Crippen LogP contribution in [0.25, 0.3) is 0 Å². The summed E-state index contributed by atoms with van der Waals surface area (Å²) in [6.07, 6.45) is 2.63. The lowest BCUT2D eigenvalue weighted by atomic mass is 9.99. The summed E-state index contributed by atoms with van der Waals surface area (Å²) >= 11 is 0. The van der Waals surface area contributed by atoms with Crippen molar-refractivity contribution in [3.63, 3.8) is 0 Å². The fourth-order valence-corrected chi connectivity index (χ4v) is 1.65. The number of pyridine rings is 1. The fourth-order valence-electron chi connectivity index (χ4n) is 1.65. The molecule has 13 heavy (non-hydrogen) atoms. The second-order valence-electron chi connectivity index (χ2n) is 3.14. The summed E-state index contributed by atoms with van der Waals surface area (Å²) in [5.74, 6) is 0.0683. The highest BCUT2D eigenvalue weighted by atomic mass is 14.9. The Morgan fingerprint density at radius 3 is 3.23 bits per heavy atom. The van der Waals surface area contributed by atoms with Crippen LogP contribution in [0.3, 0.4) is 0 Å². The molecule has 4 N–H and O–H groups in total. The second-order valence-corrected chi connectivity index (χ2v) is 3.14. The Hall–Kier alpha value is -1.42. The average molecular weight is 176 g/mol. The highest BCUT2D eigenvalue weighted by Crippen LogP contribution is 2.15. The van der Waals surface area contributed by atoms with E-state index >= 15 is 0 Å². The van der Waals surface area contributed by atoms with Gasteiger partial charge in [-0.1, -0.05) is 0 Å². The minimum absolute atomic E-state index is 0.0683. The van der Waals surface area contributed by atoms with E-state index < -0.39 is 0 Å². The van der Waals surface area contributed by atoms with Gasteiger partial charge in [0, 0.05) is 12.7 Å². The third-order valence-corrected chi connectivity index (χ3v) is 2.28. The van der Waals surface area contributed by atoms with E-state index in [1.807, 2.05) is 6.07 Å². The maximum Gasteiger partial charge on any atom is 0.142 e. The molecule has 68 valence electrons. The van der Waals surface area contributed by atoms with Gasteiger partial charge in [-0.3, -0.25) is 10.4 Å². The van der Waals surface area contributed by atoms with Crippen LogP contribution in [-0.2, 0) is 13.0 Å². The molecule has 1 aromatic rings. The van der Waals surface area contributed by atoms with Crippen molar-refractivity contribution in [3.8, 4) is 0 Å². The van der Waals surface area contributed by atoms with Crippen molar-refractivity contribution in [1.29, 1.82) is 5.41 Å². The normalized spacial score (nSPS) is 15.1. The number of nitrogen functional groups attached to an aromatic ring is 1. The van der Waals surface area contributed by atoms with Crippen molar-refractivity contribution >= 4 is 5.84 Å². The van der Waals surface area contributed by atoms with Gasteiger partial charge in [0.1, 0.15) is 11.5 Å². The van der Waals surface area contributed by atoms with Crippen molar-refractivity contribution in [3.05, 3.63) is 29.1 Å². The van der Waals surface area contributed by atoms with Gasteiger partial charge in [0.05, 0.1) is 0 Å². The first kappa shape index (κ1) is 8.19. The summed E-state index contributed by atoms with van der Waals surface area (Å²) in [5.41, 5.74) is 8.44. The van der Waals surface area contributed by atoms with Crippen LogP contribution in [0.1, 0.15) is 16.8 Å². The zero-order valence-corrected chi connectivity index (χ0v) is 7.30. The number of rotatable bonds is 1. The molecular formula is C9H12N4.